The minimum absolute atomic E-state index is 0.140. The van der Waals surface area contributed by atoms with Crippen molar-refractivity contribution in [3.8, 4) is 0 Å². The minimum atomic E-state index is -0.140. The van der Waals surface area contributed by atoms with Crippen LogP contribution in [0.3, 0.4) is 0 Å². The fraction of sp³-hybridized carbons (Fsp3) is 0.625. The molecule has 0 bridgehead atoms. The lowest BCUT2D eigenvalue weighted by atomic mass is 10.1. The van der Waals surface area contributed by atoms with Crippen LogP contribution in [0, 0.1) is 0 Å². The first-order valence-electron chi connectivity index (χ1n) is 7.92. The van der Waals surface area contributed by atoms with Gasteiger partial charge in [0.15, 0.2) is 0 Å². The fourth-order valence-electron chi connectivity index (χ4n) is 2.78. The van der Waals surface area contributed by atoms with Gasteiger partial charge in [-0.25, -0.2) is 4.79 Å². The smallest absolute Gasteiger partial charge is 0.315 e. The molecule has 116 valence electrons. The molecule has 5 nitrogen and oxygen atoms in total. The monoisotopic (exact) mass is 290 g/mol. The number of hydrogen-bond acceptors (Lipinski definition) is 2. The molecule has 1 aliphatic rings. The second-order valence-electron chi connectivity index (χ2n) is 5.68. The van der Waals surface area contributed by atoms with Crippen molar-refractivity contribution < 1.29 is 4.79 Å². The summed E-state index contributed by atoms with van der Waals surface area (Å²) in [6.07, 6.45) is 10.6. The van der Waals surface area contributed by atoms with Crippen molar-refractivity contribution in [2.75, 3.05) is 0 Å². The predicted octanol–water partition coefficient (Wildman–Crippen LogP) is 3.15. The van der Waals surface area contributed by atoms with Gasteiger partial charge in [0.2, 0.25) is 0 Å². The largest absolute Gasteiger partial charge is 0.335 e. The lowest BCUT2D eigenvalue weighted by molar-refractivity contribution is 0.236. The number of amides is 2. The van der Waals surface area contributed by atoms with Crippen molar-refractivity contribution in [2.24, 2.45) is 0 Å². The van der Waals surface area contributed by atoms with Crippen LogP contribution >= 0.6 is 0 Å². The van der Waals surface area contributed by atoms with E-state index < -0.39 is 0 Å². The molecule has 1 aromatic heterocycles. The highest BCUT2D eigenvalue weighted by Gasteiger charge is 2.17. The van der Waals surface area contributed by atoms with Gasteiger partial charge in [-0.2, -0.15) is 5.10 Å². The topological polar surface area (TPSA) is 59.0 Å². The maximum absolute atomic E-state index is 11.8. The number of urea groups is 1. The molecule has 5 heteroatoms. The van der Waals surface area contributed by atoms with Gasteiger partial charge >= 0.3 is 6.03 Å². The first-order chi connectivity index (χ1) is 10.2. The second-order valence-corrected chi connectivity index (χ2v) is 5.68. The summed E-state index contributed by atoms with van der Waals surface area (Å²) >= 11 is 0. The van der Waals surface area contributed by atoms with Gasteiger partial charge in [0.25, 0.3) is 0 Å². The number of hydrogen-bond donors (Lipinski definition) is 2. The zero-order valence-corrected chi connectivity index (χ0v) is 12.8. The van der Waals surface area contributed by atoms with Gasteiger partial charge in [-0.05, 0) is 31.7 Å². The van der Waals surface area contributed by atoms with Crippen LogP contribution in [0.1, 0.15) is 57.2 Å². The third-order valence-electron chi connectivity index (χ3n) is 4.07. The van der Waals surface area contributed by atoms with Gasteiger partial charge in [-0.15, -0.1) is 6.58 Å². The summed E-state index contributed by atoms with van der Waals surface area (Å²) < 4.78 is 2.05. The van der Waals surface area contributed by atoms with Crippen LogP contribution in [0.15, 0.2) is 24.9 Å². The van der Waals surface area contributed by atoms with Gasteiger partial charge < -0.3 is 10.6 Å². The Kier molecular flexibility index (Phi) is 5.84. The maximum Gasteiger partial charge on any atom is 0.315 e. The van der Waals surface area contributed by atoms with Crippen LogP contribution in [0.4, 0.5) is 4.79 Å². The van der Waals surface area contributed by atoms with E-state index in [0.717, 1.165) is 18.5 Å². The highest BCUT2D eigenvalue weighted by Crippen LogP contribution is 2.28. The molecule has 0 aromatic carbocycles. The summed E-state index contributed by atoms with van der Waals surface area (Å²) in [5, 5.41) is 10.4. The number of nitrogens with zero attached hydrogens (tertiary/aromatic N) is 2. The van der Waals surface area contributed by atoms with E-state index in [4.69, 9.17) is 0 Å². The Balaban J connectivity index is 1.77. The van der Waals surface area contributed by atoms with E-state index in [1.807, 2.05) is 18.3 Å². The van der Waals surface area contributed by atoms with E-state index in [-0.39, 0.29) is 12.1 Å². The minimum Gasteiger partial charge on any atom is -0.335 e. The Morgan fingerprint density at radius 2 is 2.33 bits per heavy atom. The molecular weight excluding hydrogens is 264 g/mol. The maximum atomic E-state index is 11.8. The first-order valence-corrected chi connectivity index (χ1v) is 7.92. The standard InChI is InChI=1S/C16H26N4O/c1-3-7-13(4-2)18-16(21)17-12-14-10-11-20(19-14)15-8-5-6-9-15/h3,10-11,13,15H,1,4-9,12H2,2H3,(H2,17,18,21). The Hall–Kier alpha value is -1.78. The molecule has 2 N–H and O–H groups in total. The van der Waals surface area contributed by atoms with Crippen molar-refractivity contribution >= 4 is 6.03 Å². The summed E-state index contributed by atoms with van der Waals surface area (Å²) in [6, 6.07) is 2.54. The number of aromatic nitrogens is 2. The molecule has 1 fully saturated rings. The van der Waals surface area contributed by atoms with Gasteiger partial charge in [0, 0.05) is 12.2 Å². The molecule has 0 aliphatic heterocycles. The van der Waals surface area contributed by atoms with E-state index in [2.05, 4.69) is 33.9 Å². The molecule has 0 saturated heterocycles. The van der Waals surface area contributed by atoms with Crippen molar-refractivity contribution in [1.82, 2.24) is 20.4 Å². The Bertz CT molecular complexity index is 463. The van der Waals surface area contributed by atoms with Crippen molar-refractivity contribution in [2.45, 2.75) is 64.1 Å². The molecule has 1 atom stereocenters. The molecule has 2 amide bonds. The zero-order chi connectivity index (χ0) is 15.1. The van der Waals surface area contributed by atoms with Gasteiger partial charge in [0.05, 0.1) is 18.3 Å². The van der Waals surface area contributed by atoms with Crippen LogP contribution in [0.5, 0.6) is 0 Å². The Labute approximate surface area is 126 Å². The van der Waals surface area contributed by atoms with E-state index in [0.29, 0.717) is 12.6 Å². The average Bonchev–Trinajstić information content (AvgIpc) is 3.15. The third-order valence-corrected chi connectivity index (χ3v) is 4.07. The molecule has 1 aliphatic carbocycles. The van der Waals surface area contributed by atoms with E-state index in [1.54, 1.807) is 0 Å². The zero-order valence-electron chi connectivity index (χ0n) is 12.8. The predicted molar refractivity (Wildman–Crippen MR) is 84.0 cm³/mol. The summed E-state index contributed by atoms with van der Waals surface area (Å²) in [4.78, 5) is 11.8. The van der Waals surface area contributed by atoms with E-state index in [1.165, 1.54) is 25.7 Å². The molecule has 1 heterocycles. The van der Waals surface area contributed by atoms with Gasteiger partial charge in [0.1, 0.15) is 0 Å². The summed E-state index contributed by atoms with van der Waals surface area (Å²) in [6.45, 7) is 6.23. The molecule has 2 rings (SSSR count). The number of rotatable bonds is 7. The molecule has 0 spiro atoms. The lowest BCUT2D eigenvalue weighted by Gasteiger charge is -2.15. The number of nitrogens with one attached hydrogen (secondary N) is 2. The molecule has 1 aromatic rings. The summed E-state index contributed by atoms with van der Waals surface area (Å²) in [7, 11) is 0. The van der Waals surface area contributed by atoms with Crippen LogP contribution in [-0.2, 0) is 6.54 Å². The highest BCUT2D eigenvalue weighted by molar-refractivity contribution is 5.74. The second kappa shape index (κ2) is 7.86. The van der Waals surface area contributed by atoms with Crippen molar-refractivity contribution in [3.63, 3.8) is 0 Å². The molecule has 1 saturated carbocycles. The molecule has 1 unspecified atom stereocenters. The highest BCUT2D eigenvalue weighted by atomic mass is 16.2. The first kappa shape index (κ1) is 15.6. The Morgan fingerprint density at radius 3 is 3.00 bits per heavy atom. The van der Waals surface area contributed by atoms with Crippen LogP contribution in [0.25, 0.3) is 0 Å². The van der Waals surface area contributed by atoms with E-state index in [9.17, 15) is 4.79 Å². The normalized spacial score (nSPS) is 16.6. The SMILES string of the molecule is C=CCC(CC)NC(=O)NCc1ccn(C2CCCC2)n1. The van der Waals surface area contributed by atoms with Crippen LogP contribution < -0.4 is 10.6 Å². The third kappa shape index (κ3) is 4.62. The van der Waals surface area contributed by atoms with Gasteiger partial charge in [-0.1, -0.05) is 25.8 Å². The fourth-order valence-corrected chi connectivity index (χ4v) is 2.78. The summed E-state index contributed by atoms with van der Waals surface area (Å²) in [5.74, 6) is 0. The average molecular weight is 290 g/mol. The quantitative estimate of drug-likeness (QED) is 0.758. The Morgan fingerprint density at radius 1 is 1.57 bits per heavy atom. The molecule has 21 heavy (non-hydrogen) atoms. The summed E-state index contributed by atoms with van der Waals surface area (Å²) in [5.41, 5.74) is 0.911. The number of carbonyl (C=O) groups excluding carboxylic acids is 1. The van der Waals surface area contributed by atoms with Crippen molar-refractivity contribution in [1.29, 1.82) is 0 Å². The molecule has 0 radical (unpaired) electrons. The van der Waals surface area contributed by atoms with Gasteiger partial charge in [-0.3, -0.25) is 4.68 Å². The van der Waals surface area contributed by atoms with E-state index >= 15 is 0 Å². The van der Waals surface area contributed by atoms with Crippen LogP contribution in [-0.4, -0.2) is 21.9 Å². The number of carbonyl (C=O) groups is 1. The van der Waals surface area contributed by atoms with Crippen molar-refractivity contribution in [3.05, 3.63) is 30.6 Å². The molecular formula is C16H26N4O. The lowest BCUT2D eigenvalue weighted by Crippen LogP contribution is -2.41. The van der Waals surface area contributed by atoms with Crippen LogP contribution in [0.2, 0.25) is 0 Å².